The van der Waals surface area contributed by atoms with Gasteiger partial charge in [0.05, 0.1) is 6.10 Å². The molecule has 3 N–H and O–H groups in total. The zero-order chi connectivity index (χ0) is 16.1. The van der Waals surface area contributed by atoms with Gasteiger partial charge in [0, 0.05) is 25.5 Å². The maximum Gasteiger partial charge on any atom is 0.315 e. The average Bonchev–Trinajstić information content (AvgIpc) is 3.44. The topological polar surface area (TPSA) is 74.2 Å². The van der Waals surface area contributed by atoms with Crippen molar-refractivity contribution in [2.24, 2.45) is 5.92 Å². The van der Waals surface area contributed by atoms with Gasteiger partial charge >= 0.3 is 6.03 Å². The third-order valence-corrected chi connectivity index (χ3v) is 4.04. The first-order valence-electron chi connectivity index (χ1n) is 7.91. The van der Waals surface area contributed by atoms with Crippen LogP contribution in [0.1, 0.15) is 18.4 Å². The van der Waals surface area contributed by atoms with Crippen LogP contribution in [0.25, 0.3) is 11.1 Å². The molecule has 2 aromatic rings. The van der Waals surface area contributed by atoms with E-state index in [1.165, 1.54) is 0 Å². The zero-order valence-corrected chi connectivity index (χ0v) is 12.9. The Hall–Kier alpha value is -2.40. The molecule has 1 fully saturated rings. The number of nitrogens with zero attached hydrogens (tertiary/aromatic N) is 1. The minimum absolute atomic E-state index is 0.249. The van der Waals surface area contributed by atoms with E-state index in [-0.39, 0.29) is 6.03 Å². The Balaban J connectivity index is 1.45. The van der Waals surface area contributed by atoms with Gasteiger partial charge in [0.1, 0.15) is 0 Å². The summed E-state index contributed by atoms with van der Waals surface area (Å²) in [6.07, 6.45) is 5.29. The Labute approximate surface area is 135 Å². The third kappa shape index (κ3) is 4.53. The minimum atomic E-state index is -0.417. The summed E-state index contributed by atoms with van der Waals surface area (Å²) in [6.45, 7) is 0.773. The van der Waals surface area contributed by atoms with Crippen molar-refractivity contribution in [2.75, 3.05) is 6.54 Å². The summed E-state index contributed by atoms with van der Waals surface area (Å²) in [5.41, 5.74) is 3.19. The van der Waals surface area contributed by atoms with E-state index in [4.69, 9.17) is 0 Å². The predicted molar refractivity (Wildman–Crippen MR) is 88.6 cm³/mol. The molecule has 1 atom stereocenters. The first-order valence-corrected chi connectivity index (χ1v) is 7.91. The standard InChI is InChI=1S/C18H21N3O2/c22-17(15-7-8-15)12-21-18(23)20-10-13-3-5-14(6-4-13)16-2-1-9-19-11-16/h1-6,9,11,15,17,22H,7-8,10,12H2,(H2,20,21,23)/t17-/m0/s1. The van der Waals surface area contributed by atoms with Crippen molar-refractivity contribution in [3.05, 3.63) is 54.4 Å². The molecule has 0 bridgehead atoms. The second-order valence-corrected chi connectivity index (χ2v) is 5.91. The van der Waals surface area contributed by atoms with Crippen molar-refractivity contribution in [2.45, 2.75) is 25.5 Å². The van der Waals surface area contributed by atoms with Gasteiger partial charge in [-0.05, 0) is 41.5 Å². The summed E-state index contributed by atoms with van der Waals surface area (Å²) >= 11 is 0. The highest BCUT2D eigenvalue weighted by Gasteiger charge is 2.29. The molecule has 1 aromatic heterocycles. The molecular formula is C18H21N3O2. The minimum Gasteiger partial charge on any atom is -0.391 e. The van der Waals surface area contributed by atoms with Gasteiger partial charge in [-0.15, -0.1) is 0 Å². The van der Waals surface area contributed by atoms with Crippen molar-refractivity contribution in [3.8, 4) is 11.1 Å². The summed E-state index contributed by atoms with van der Waals surface area (Å²) in [4.78, 5) is 15.8. The van der Waals surface area contributed by atoms with Gasteiger partial charge in [0.15, 0.2) is 0 Å². The number of carbonyl (C=O) groups excluding carboxylic acids is 1. The lowest BCUT2D eigenvalue weighted by molar-refractivity contribution is 0.149. The first kappa shape index (κ1) is 15.5. The maximum absolute atomic E-state index is 11.7. The van der Waals surface area contributed by atoms with Gasteiger partial charge in [-0.2, -0.15) is 0 Å². The number of carbonyl (C=O) groups is 1. The van der Waals surface area contributed by atoms with E-state index in [2.05, 4.69) is 15.6 Å². The number of hydrogen-bond acceptors (Lipinski definition) is 3. The second-order valence-electron chi connectivity index (χ2n) is 5.91. The highest BCUT2D eigenvalue weighted by Crippen LogP contribution is 2.32. The van der Waals surface area contributed by atoms with E-state index in [9.17, 15) is 9.90 Å². The smallest absolute Gasteiger partial charge is 0.315 e. The molecule has 5 heteroatoms. The predicted octanol–water partition coefficient (Wildman–Crippen LogP) is 2.32. The third-order valence-electron chi connectivity index (χ3n) is 4.04. The van der Waals surface area contributed by atoms with Crippen LogP contribution in [0.15, 0.2) is 48.8 Å². The number of hydrogen-bond donors (Lipinski definition) is 3. The van der Waals surface area contributed by atoms with Gasteiger partial charge in [-0.1, -0.05) is 30.3 Å². The molecule has 1 aromatic carbocycles. The van der Waals surface area contributed by atoms with Gasteiger partial charge in [0.25, 0.3) is 0 Å². The van der Waals surface area contributed by atoms with Crippen LogP contribution in [0.5, 0.6) is 0 Å². The average molecular weight is 311 g/mol. The van der Waals surface area contributed by atoms with E-state index in [0.29, 0.717) is 19.0 Å². The monoisotopic (exact) mass is 311 g/mol. The second kappa shape index (κ2) is 7.24. The van der Waals surface area contributed by atoms with E-state index < -0.39 is 6.10 Å². The molecule has 1 saturated carbocycles. The fraction of sp³-hybridized carbons (Fsp3) is 0.333. The van der Waals surface area contributed by atoms with Crippen LogP contribution >= 0.6 is 0 Å². The Morgan fingerprint density at radius 2 is 1.96 bits per heavy atom. The molecule has 120 valence electrons. The van der Waals surface area contributed by atoms with Gasteiger partial charge in [-0.3, -0.25) is 4.98 Å². The molecule has 1 aliphatic rings. The van der Waals surface area contributed by atoms with Crippen LogP contribution < -0.4 is 10.6 Å². The van der Waals surface area contributed by atoms with Crippen molar-refractivity contribution < 1.29 is 9.90 Å². The summed E-state index contributed by atoms with van der Waals surface area (Å²) in [7, 11) is 0. The molecule has 1 aliphatic carbocycles. The molecule has 5 nitrogen and oxygen atoms in total. The Bertz CT molecular complexity index is 639. The molecule has 0 radical (unpaired) electrons. The highest BCUT2D eigenvalue weighted by molar-refractivity contribution is 5.73. The normalized spacial score (nSPS) is 15.0. The Morgan fingerprint density at radius 1 is 1.17 bits per heavy atom. The lowest BCUT2D eigenvalue weighted by atomic mass is 10.1. The van der Waals surface area contributed by atoms with Crippen LogP contribution in [0.2, 0.25) is 0 Å². The number of urea groups is 1. The lowest BCUT2D eigenvalue weighted by Crippen LogP contribution is -2.39. The Kier molecular flexibility index (Phi) is 4.88. The highest BCUT2D eigenvalue weighted by atomic mass is 16.3. The molecule has 0 unspecified atom stereocenters. The number of pyridine rings is 1. The quantitative estimate of drug-likeness (QED) is 0.766. The first-order chi connectivity index (χ1) is 11.2. The number of rotatable bonds is 6. The summed E-state index contributed by atoms with van der Waals surface area (Å²) in [5.74, 6) is 0.371. The number of amides is 2. The fourth-order valence-corrected chi connectivity index (χ4v) is 2.44. The molecule has 1 heterocycles. The van der Waals surface area contributed by atoms with Crippen LogP contribution in [-0.4, -0.2) is 28.8 Å². The summed E-state index contributed by atoms with van der Waals surface area (Å²) < 4.78 is 0. The van der Waals surface area contributed by atoms with Crippen molar-refractivity contribution in [1.29, 1.82) is 0 Å². The number of nitrogens with one attached hydrogen (secondary N) is 2. The van der Waals surface area contributed by atoms with Crippen LogP contribution in [-0.2, 0) is 6.54 Å². The van der Waals surface area contributed by atoms with E-state index >= 15 is 0 Å². The molecule has 2 amide bonds. The summed E-state index contributed by atoms with van der Waals surface area (Å²) in [6, 6.07) is 11.7. The number of aliphatic hydroxyl groups is 1. The molecular weight excluding hydrogens is 290 g/mol. The Morgan fingerprint density at radius 3 is 2.61 bits per heavy atom. The van der Waals surface area contributed by atoms with E-state index in [1.54, 1.807) is 6.20 Å². The van der Waals surface area contributed by atoms with Crippen LogP contribution in [0, 0.1) is 5.92 Å². The fourth-order valence-electron chi connectivity index (χ4n) is 2.44. The van der Waals surface area contributed by atoms with Crippen LogP contribution in [0.3, 0.4) is 0 Å². The number of benzene rings is 1. The van der Waals surface area contributed by atoms with Crippen molar-refractivity contribution >= 4 is 6.03 Å². The largest absolute Gasteiger partial charge is 0.391 e. The summed E-state index contributed by atoms with van der Waals surface area (Å²) in [5, 5.41) is 15.2. The van der Waals surface area contributed by atoms with E-state index in [0.717, 1.165) is 29.5 Å². The van der Waals surface area contributed by atoms with E-state index in [1.807, 2.05) is 42.6 Å². The molecule has 3 rings (SSSR count). The van der Waals surface area contributed by atoms with Crippen molar-refractivity contribution in [3.63, 3.8) is 0 Å². The SMILES string of the molecule is O=C(NCc1ccc(-c2cccnc2)cc1)NC[C@H](O)C1CC1. The van der Waals surface area contributed by atoms with Crippen molar-refractivity contribution in [1.82, 2.24) is 15.6 Å². The molecule has 0 aliphatic heterocycles. The van der Waals surface area contributed by atoms with Gasteiger partial charge in [-0.25, -0.2) is 4.79 Å². The number of aliphatic hydroxyl groups excluding tert-OH is 1. The van der Waals surface area contributed by atoms with Gasteiger partial charge < -0.3 is 15.7 Å². The zero-order valence-electron chi connectivity index (χ0n) is 12.9. The molecule has 0 saturated heterocycles. The maximum atomic E-state index is 11.7. The molecule has 0 spiro atoms. The lowest BCUT2D eigenvalue weighted by Gasteiger charge is -2.12. The van der Waals surface area contributed by atoms with Crippen LogP contribution in [0.4, 0.5) is 4.79 Å². The van der Waals surface area contributed by atoms with Gasteiger partial charge in [0.2, 0.25) is 0 Å². The number of aromatic nitrogens is 1. The molecule has 23 heavy (non-hydrogen) atoms.